The average molecular weight is 425 g/mol. The number of likely N-dealkylation sites (N-methyl/N-ethyl adjacent to an activating group) is 1. The van der Waals surface area contributed by atoms with Gasteiger partial charge in [-0.25, -0.2) is 21.5 Å². The molecule has 0 aliphatic heterocycles. The molecule has 156 valence electrons. The fourth-order valence-electron chi connectivity index (χ4n) is 2.46. The Morgan fingerprint density at radius 1 is 1.00 bits per heavy atom. The third kappa shape index (κ3) is 5.15. The van der Waals surface area contributed by atoms with Crippen LogP contribution in [0.3, 0.4) is 0 Å². The van der Waals surface area contributed by atoms with Gasteiger partial charge >= 0.3 is 0 Å². The Morgan fingerprint density at radius 3 is 2.03 bits per heavy atom. The van der Waals surface area contributed by atoms with Gasteiger partial charge in [-0.15, -0.1) is 0 Å². The van der Waals surface area contributed by atoms with Crippen LogP contribution in [-0.2, 0) is 14.8 Å². The number of amides is 2. The van der Waals surface area contributed by atoms with Crippen molar-refractivity contribution in [3.8, 4) is 0 Å². The lowest BCUT2D eigenvalue weighted by Crippen LogP contribution is -2.38. The molecule has 7 nitrogen and oxygen atoms in total. The van der Waals surface area contributed by atoms with E-state index in [0.29, 0.717) is 0 Å². The predicted octanol–water partition coefficient (Wildman–Crippen LogP) is 2.32. The zero-order valence-electron chi connectivity index (χ0n) is 16.1. The van der Waals surface area contributed by atoms with Crippen LogP contribution in [0, 0.1) is 11.6 Å². The van der Waals surface area contributed by atoms with Gasteiger partial charge in [0, 0.05) is 26.2 Å². The van der Waals surface area contributed by atoms with Crippen LogP contribution in [0.5, 0.6) is 0 Å². The Labute approximate surface area is 168 Å². The molecule has 0 aliphatic rings. The SMILES string of the molecule is CCN(CC(=O)Nc1c(F)cccc1F)C(=O)c1ccc(S(=O)(=O)N(C)C)cc1. The first-order chi connectivity index (χ1) is 13.6. The van der Waals surface area contributed by atoms with Crippen molar-refractivity contribution in [2.75, 3.05) is 32.5 Å². The van der Waals surface area contributed by atoms with Gasteiger partial charge in [0.2, 0.25) is 15.9 Å². The summed E-state index contributed by atoms with van der Waals surface area (Å²) >= 11 is 0. The third-order valence-electron chi connectivity index (χ3n) is 4.11. The van der Waals surface area contributed by atoms with E-state index in [1.165, 1.54) is 49.3 Å². The van der Waals surface area contributed by atoms with Gasteiger partial charge < -0.3 is 10.2 Å². The van der Waals surface area contributed by atoms with Crippen LogP contribution in [0.25, 0.3) is 0 Å². The van der Waals surface area contributed by atoms with Gasteiger partial charge in [0.25, 0.3) is 5.91 Å². The summed E-state index contributed by atoms with van der Waals surface area (Å²) in [5.74, 6) is -3.14. The minimum atomic E-state index is -3.63. The predicted molar refractivity (Wildman–Crippen MR) is 104 cm³/mol. The molecule has 2 aromatic carbocycles. The highest BCUT2D eigenvalue weighted by atomic mass is 32.2. The van der Waals surface area contributed by atoms with E-state index in [9.17, 15) is 26.8 Å². The first-order valence-electron chi connectivity index (χ1n) is 8.63. The minimum Gasteiger partial charge on any atom is -0.330 e. The Kier molecular flexibility index (Phi) is 7.04. The lowest BCUT2D eigenvalue weighted by atomic mass is 10.2. The number of rotatable bonds is 7. The molecule has 0 atom stereocenters. The fraction of sp³-hybridized carbons (Fsp3) is 0.263. The third-order valence-corrected chi connectivity index (χ3v) is 5.94. The van der Waals surface area contributed by atoms with Crippen molar-refractivity contribution in [1.29, 1.82) is 0 Å². The summed E-state index contributed by atoms with van der Waals surface area (Å²) in [4.78, 5) is 26.0. The standard InChI is InChI=1S/C19H21F2N3O4S/c1-4-24(12-17(25)22-18-15(20)6-5-7-16(18)21)19(26)13-8-10-14(11-9-13)29(27,28)23(2)3/h5-11H,4,12H2,1-3H3,(H,22,25). The number of carbonyl (C=O) groups excluding carboxylic acids is 2. The normalized spacial score (nSPS) is 11.4. The van der Waals surface area contributed by atoms with Gasteiger partial charge in [-0.05, 0) is 43.3 Å². The van der Waals surface area contributed by atoms with E-state index in [-0.39, 0.29) is 17.0 Å². The van der Waals surface area contributed by atoms with Gasteiger partial charge in [0.05, 0.1) is 4.90 Å². The molecule has 0 spiro atoms. The zero-order valence-corrected chi connectivity index (χ0v) is 17.0. The fourth-order valence-corrected chi connectivity index (χ4v) is 3.36. The van der Waals surface area contributed by atoms with Crippen molar-refractivity contribution in [3.63, 3.8) is 0 Å². The molecule has 0 heterocycles. The number of nitrogens with one attached hydrogen (secondary N) is 1. The van der Waals surface area contributed by atoms with E-state index in [2.05, 4.69) is 5.32 Å². The van der Waals surface area contributed by atoms with Crippen LogP contribution in [0.15, 0.2) is 47.4 Å². The number of anilines is 1. The summed E-state index contributed by atoms with van der Waals surface area (Å²) in [5.41, 5.74) is -0.409. The lowest BCUT2D eigenvalue weighted by Gasteiger charge is -2.21. The largest absolute Gasteiger partial charge is 0.330 e. The number of hydrogen-bond donors (Lipinski definition) is 1. The quantitative estimate of drug-likeness (QED) is 0.738. The van der Waals surface area contributed by atoms with Gasteiger partial charge in [0.1, 0.15) is 23.9 Å². The molecule has 0 fully saturated rings. The van der Waals surface area contributed by atoms with E-state index in [0.717, 1.165) is 16.4 Å². The monoisotopic (exact) mass is 425 g/mol. The van der Waals surface area contributed by atoms with Crippen LogP contribution >= 0.6 is 0 Å². The smallest absolute Gasteiger partial charge is 0.254 e. The van der Waals surface area contributed by atoms with E-state index in [1.807, 2.05) is 0 Å². The average Bonchev–Trinajstić information content (AvgIpc) is 2.68. The maximum atomic E-state index is 13.7. The van der Waals surface area contributed by atoms with Crippen LogP contribution in [0.2, 0.25) is 0 Å². The molecule has 0 aliphatic carbocycles. The zero-order chi connectivity index (χ0) is 21.8. The first-order valence-corrected chi connectivity index (χ1v) is 10.1. The van der Waals surface area contributed by atoms with Crippen LogP contribution < -0.4 is 5.32 Å². The number of benzene rings is 2. The van der Waals surface area contributed by atoms with Crippen LogP contribution in [0.1, 0.15) is 17.3 Å². The van der Waals surface area contributed by atoms with Crippen molar-refractivity contribution in [2.45, 2.75) is 11.8 Å². The molecular weight excluding hydrogens is 404 g/mol. The minimum absolute atomic E-state index is 0.0230. The Bertz CT molecular complexity index is 988. The molecule has 2 amide bonds. The Hall–Kier alpha value is -2.85. The molecule has 0 radical (unpaired) electrons. The van der Waals surface area contributed by atoms with E-state index in [4.69, 9.17) is 0 Å². The number of halogens is 2. The highest BCUT2D eigenvalue weighted by Crippen LogP contribution is 2.18. The first kappa shape index (κ1) is 22.4. The van der Waals surface area contributed by atoms with Gasteiger partial charge in [0.15, 0.2) is 0 Å². The molecular formula is C19H21F2N3O4S. The Balaban J connectivity index is 2.13. The van der Waals surface area contributed by atoms with Gasteiger partial charge in [-0.1, -0.05) is 6.07 Å². The van der Waals surface area contributed by atoms with E-state index >= 15 is 0 Å². The summed E-state index contributed by atoms with van der Waals surface area (Å²) in [7, 11) is -0.847. The summed E-state index contributed by atoms with van der Waals surface area (Å²) in [6.07, 6.45) is 0. The number of hydrogen-bond acceptors (Lipinski definition) is 4. The molecule has 0 unspecified atom stereocenters. The molecule has 0 bridgehead atoms. The van der Waals surface area contributed by atoms with Gasteiger partial charge in [-0.2, -0.15) is 0 Å². The van der Waals surface area contributed by atoms with E-state index < -0.39 is 45.7 Å². The maximum absolute atomic E-state index is 13.7. The Morgan fingerprint density at radius 2 is 1.55 bits per heavy atom. The summed E-state index contributed by atoms with van der Waals surface area (Å²) in [6, 6.07) is 8.46. The molecule has 1 N–H and O–H groups in total. The van der Waals surface area contributed by atoms with Crippen LogP contribution in [0.4, 0.5) is 14.5 Å². The van der Waals surface area contributed by atoms with Gasteiger partial charge in [-0.3, -0.25) is 9.59 Å². The summed E-state index contributed by atoms with van der Waals surface area (Å²) in [6.45, 7) is 1.37. The van der Waals surface area contributed by atoms with Crippen molar-refractivity contribution < 1.29 is 26.8 Å². The number of para-hydroxylation sites is 1. The number of nitrogens with zero attached hydrogens (tertiary/aromatic N) is 2. The van der Waals surface area contributed by atoms with E-state index in [1.54, 1.807) is 6.92 Å². The second-order valence-corrected chi connectivity index (χ2v) is 8.43. The highest BCUT2D eigenvalue weighted by molar-refractivity contribution is 7.89. The van der Waals surface area contributed by atoms with Crippen molar-refractivity contribution >= 4 is 27.5 Å². The second-order valence-electron chi connectivity index (χ2n) is 6.28. The molecule has 2 aromatic rings. The maximum Gasteiger partial charge on any atom is 0.254 e. The molecule has 0 saturated carbocycles. The summed E-state index contributed by atoms with van der Waals surface area (Å²) < 4.78 is 52.6. The molecule has 10 heteroatoms. The number of carbonyl (C=O) groups is 2. The topological polar surface area (TPSA) is 86.8 Å². The molecule has 0 aromatic heterocycles. The van der Waals surface area contributed by atoms with Crippen molar-refractivity contribution in [2.24, 2.45) is 0 Å². The lowest BCUT2D eigenvalue weighted by molar-refractivity contribution is -0.116. The molecule has 29 heavy (non-hydrogen) atoms. The van der Waals surface area contributed by atoms with Crippen molar-refractivity contribution in [1.82, 2.24) is 9.21 Å². The van der Waals surface area contributed by atoms with Crippen molar-refractivity contribution in [3.05, 3.63) is 59.7 Å². The highest BCUT2D eigenvalue weighted by Gasteiger charge is 2.21. The number of sulfonamides is 1. The summed E-state index contributed by atoms with van der Waals surface area (Å²) in [5, 5.41) is 2.12. The molecule has 0 saturated heterocycles. The molecule has 2 rings (SSSR count). The second kappa shape index (κ2) is 9.10. The van der Waals surface area contributed by atoms with Crippen LogP contribution in [-0.4, -0.2) is 56.6 Å².